The number of aromatic carboxylic acids is 1. The van der Waals surface area contributed by atoms with Crippen LogP contribution in [0.1, 0.15) is 10.4 Å². The summed E-state index contributed by atoms with van der Waals surface area (Å²) in [7, 11) is -2.79. The SMILES string of the molecule is CN(c1nc2ccc(I)cc2cc1C(=O)O)S(=O)(=O)c1ccc(Oc2ccncc2)cc1. The number of carboxylic acid groups (broad SMARTS) is 1. The molecule has 4 aromatic rings. The molecule has 0 aliphatic carbocycles. The number of carbonyl (C=O) groups is 1. The Morgan fingerprint density at radius 2 is 1.66 bits per heavy atom. The zero-order valence-electron chi connectivity index (χ0n) is 16.6. The summed E-state index contributed by atoms with van der Waals surface area (Å²) in [6, 6.07) is 15.9. The first-order valence-corrected chi connectivity index (χ1v) is 11.8. The molecule has 32 heavy (non-hydrogen) atoms. The van der Waals surface area contributed by atoms with E-state index in [-0.39, 0.29) is 16.3 Å². The lowest BCUT2D eigenvalue weighted by molar-refractivity contribution is 0.0697. The molecular weight excluding hydrogens is 545 g/mol. The Labute approximate surface area is 197 Å². The number of anilines is 1. The number of halogens is 1. The number of sulfonamides is 1. The Balaban J connectivity index is 1.69. The van der Waals surface area contributed by atoms with Gasteiger partial charge in [-0.25, -0.2) is 18.2 Å². The van der Waals surface area contributed by atoms with Crippen molar-refractivity contribution in [2.45, 2.75) is 4.90 Å². The summed E-state index contributed by atoms with van der Waals surface area (Å²) in [5, 5.41) is 10.3. The van der Waals surface area contributed by atoms with Gasteiger partial charge in [-0.15, -0.1) is 0 Å². The van der Waals surface area contributed by atoms with Crippen molar-refractivity contribution in [1.82, 2.24) is 9.97 Å². The first-order valence-electron chi connectivity index (χ1n) is 9.26. The fourth-order valence-corrected chi connectivity index (χ4v) is 4.71. The van der Waals surface area contributed by atoms with E-state index in [4.69, 9.17) is 4.74 Å². The number of pyridine rings is 2. The second-order valence-corrected chi connectivity index (χ2v) is 9.95. The minimum absolute atomic E-state index is 0.0251. The molecule has 0 saturated heterocycles. The Hall–Kier alpha value is -3.25. The second-order valence-electron chi connectivity index (χ2n) is 6.73. The number of ether oxygens (including phenoxy) is 1. The minimum atomic E-state index is -4.07. The van der Waals surface area contributed by atoms with Crippen molar-refractivity contribution in [3.63, 3.8) is 0 Å². The summed E-state index contributed by atoms with van der Waals surface area (Å²) in [4.78, 5) is 20.1. The van der Waals surface area contributed by atoms with Crippen LogP contribution in [0.4, 0.5) is 5.82 Å². The van der Waals surface area contributed by atoms with Crippen molar-refractivity contribution in [3.05, 3.63) is 82.2 Å². The van der Waals surface area contributed by atoms with E-state index in [1.807, 2.05) is 6.07 Å². The average molecular weight is 561 g/mol. The number of benzene rings is 2. The van der Waals surface area contributed by atoms with Gasteiger partial charge in [-0.1, -0.05) is 0 Å². The molecule has 162 valence electrons. The Kier molecular flexibility index (Phi) is 5.98. The van der Waals surface area contributed by atoms with Crippen LogP contribution < -0.4 is 9.04 Å². The monoisotopic (exact) mass is 561 g/mol. The lowest BCUT2D eigenvalue weighted by Crippen LogP contribution is -2.29. The largest absolute Gasteiger partial charge is 0.478 e. The maximum atomic E-state index is 13.2. The molecule has 10 heteroatoms. The highest BCUT2D eigenvalue weighted by Crippen LogP contribution is 2.29. The van der Waals surface area contributed by atoms with Gasteiger partial charge >= 0.3 is 5.97 Å². The van der Waals surface area contributed by atoms with Crippen LogP contribution in [0.3, 0.4) is 0 Å². The molecule has 2 heterocycles. The number of hydrogen-bond acceptors (Lipinski definition) is 6. The van der Waals surface area contributed by atoms with Crippen LogP contribution in [0.2, 0.25) is 0 Å². The predicted molar refractivity (Wildman–Crippen MR) is 128 cm³/mol. The molecule has 0 fully saturated rings. The van der Waals surface area contributed by atoms with Crippen LogP contribution >= 0.6 is 22.6 Å². The molecule has 0 amide bonds. The van der Waals surface area contributed by atoms with Crippen molar-refractivity contribution in [1.29, 1.82) is 0 Å². The van der Waals surface area contributed by atoms with Crippen molar-refractivity contribution in [3.8, 4) is 11.5 Å². The molecule has 0 unspecified atom stereocenters. The van der Waals surface area contributed by atoms with E-state index in [9.17, 15) is 18.3 Å². The van der Waals surface area contributed by atoms with Crippen LogP contribution in [0, 0.1) is 3.57 Å². The van der Waals surface area contributed by atoms with Crippen LogP contribution in [0.5, 0.6) is 11.5 Å². The zero-order valence-corrected chi connectivity index (χ0v) is 19.6. The van der Waals surface area contributed by atoms with Gasteiger partial charge in [0.15, 0.2) is 5.82 Å². The molecule has 0 spiro atoms. The molecule has 0 aliphatic heterocycles. The molecule has 2 aromatic heterocycles. The van der Waals surface area contributed by atoms with Crippen molar-refractivity contribution >= 4 is 55.3 Å². The standard InChI is InChI=1S/C22H16IN3O5S/c1-26(21-19(22(27)28)13-14-12-15(23)2-7-20(14)25-21)32(29,30)18-5-3-16(4-6-18)31-17-8-10-24-11-9-17/h2-13H,1H3,(H,27,28). The minimum Gasteiger partial charge on any atom is -0.478 e. The van der Waals surface area contributed by atoms with Gasteiger partial charge in [-0.2, -0.15) is 0 Å². The highest BCUT2D eigenvalue weighted by Gasteiger charge is 2.27. The van der Waals surface area contributed by atoms with E-state index in [0.717, 1.165) is 7.88 Å². The lowest BCUT2D eigenvalue weighted by Gasteiger charge is -2.21. The Bertz CT molecular complexity index is 1410. The summed E-state index contributed by atoms with van der Waals surface area (Å²) in [5.41, 5.74) is 0.289. The van der Waals surface area contributed by atoms with E-state index in [2.05, 4.69) is 32.6 Å². The third-order valence-electron chi connectivity index (χ3n) is 4.65. The first-order chi connectivity index (χ1) is 15.3. The van der Waals surface area contributed by atoms with E-state index >= 15 is 0 Å². The normalized spacial score (nSPS) is 11.3. The van der Waals surface area contributed by atoms with E-state index in [1.54, 1.807) is 36.7 Å². The maximum Gasteiger partial charge on any atom is 0.339 e. The first kappa shape index (κ1) is 22.0. The molecule has 0 aliphatic rings. The Morgan fingerprint density at radius 1 is 1.00 bits per heavy atom. The highest BCUT2D eigenvalue weighted by atomic mass is 127. The van der Waals surface area contributed by atoms with Gasteiger partial charge in [0.25, 0.3) is 10.0 Å². The summed E-state index contributed by atoms with van der Waals surface area (Å²) >= 11 is 2.11. The van der Waals surface area contributed by atoms with Crippen LogP contribution in [0.15, 0.2) is 78.0 Å². The number of aromatic nitrogens is 2. The molecule has 2 aromatic carbocycles. The van der Waals surface area contributed by atoms with Gasteiger partial charge in [0.05, 0.1) is 10.4 Å². The molecule has 8 nitrogen and oxygen atoms in total. The summed E-state index contributed by atoms with van der Waals surface area (Å²) in [6.45, 7) is 0. The number of carboxylic acids is 1. The van der Waals surface area contributed by atoms with Gasteiger partial charge in [0.2, 0.25) is 0 Å². The van der Waals surface area contributed by atoms with Gasteiger partial charge < -0.3 is 9.84 Å². The number of rotatable bonds is 6. The summed E-state index contributed by atoms with van der Waals surface area (Å²) < 4.78 is 33.9. The fourth-order valence-electron chi connectivity index (χ4n) is 3.03. The van der Waals surface area contributed by atoms with Crippen molar-refractivity contribution in [2.24, 2.45) is 0 Å². The van der Waals surface area contributed by atoms with E-state index < -0.39 is 16.0 Å². The smallest absolute Gasteiger partial charge is 0.339 e. The topological polar surface area (TPSA) is 110 Å². The highest BCUT2D eigenvalue weighted by molar-refractivity contribution is 14.1. The summed E-state index contributed by atoms with van der Waals surface area (Å²) in [5.74, 6) is -0.420. The predicted octanol–water partition coefficient (Wildman–Crippen LogP) is 4.55. The van der Waals surface area contributed by atoms with E-state index in [1.165, 1.54) is 37.4 Å². The molecule has 0 saturated carbocycles. The molecular formula is C22H16IN3O5S. The quantitative estimate of drug-likeness (QED) is 0.344. The fraction of sp³-hybridized carbons (Fsp3) is 0.0455. The molecule has 0 radical (unpaired) electrons. The van der Waals surface area contributed by atoms with E-state index in [0.29, 0.717) is 22.4 Å². The summed E-state index contributed by atoms with van der Waals surface area (Å²) in [6.07, 6.45) is 3.17. The number of nitrogens with zero attached hydrogens (tertiary/aromatic N) is 3. The molecule has 0 bridgehead atoms. The van der Waals surface area contributed by atoms with Crippen molar-refractivity contribution < 1.29 is 23.1 Å². The average Bonchev–Trinajstić information content (AvgIpc) is 2.78. The van der Waals surface area contributed by atoms with Gasteiger partial charge in [0.1, 0.15) is 17.1 Å². The van der Waals surface area contributed by atoms with Crippen LogP contribution in [0.25, 0.3) is 10.9 Å². The molecule has 0 atom stereocenters. The lowest BCUT2D eigenvalue weighted by atomic mass is 10.1. The molecule has 1 N–H and O–H groups in total. The third-order valence-corrected chi connectivity index (χ3v) is 7.09. The van der Waals surface area contributed by atoms with Gasteiger partial charge in [-0.05, 0) is 83.3 Å². The van der Waals surface area contributed by atoms with Crippen LogP contribution in [-0.4, -0.2) is 36.5 Å². The number of fused-ring (bicyclic) bond motifs is 1. The third kappa shape index (κ3) is 4.36. The van der Waals surface area contributed by atoms with Gasteiger partial charge in [0, 0.05) is 28.4 Å². The number of hydrogen-bond donors (Lipinski definition) is 1. The van der Waals surface area contributed by atoms with Crippen LogP contribution in [-0.2, 0) is 10.0 Å². The van der Waals surface area contributed by atoms with Crippen molar-refractivity contribution in [2.75, 3.05) is 11.4 Å². The maximum absolute atomic E-state index is 13.2. The Morgan fingerprint density at radius 3 is 2.31 bits per heavy atom. The zero-order chi connectivity index (χ0) is 22.9. The molecule has 4 rings (SSSR count). The van der Waals surface area contributed by atoms with Gasteiger partial charge in [-0.3, -0.25) is 9.29 Å². The second kappa shape index (κ2) is 8.71.